The van der Waals surface area contributed by atoms with Crippen molar-refractivity contribution in [3.8, 4) is 0 Å². The highest BCUT2D eigenvalue weighted by Crippen LogP contribution is 2.31. The highest BCUT2D eigenvalue weighted by atomic mass is 16.3. The molecule has 1 aliphatic heterocycles. The molecule has 2 atom stereocenters. The molecule has 3 rings (SSSR count). The van der Waals surface area contributed by atoms with Gasteiger partial charge in [-0.15, -0.1) is 0 Å². The molecule has 2 unspecified atom stereocenters. The van der Waals surface area contributed by atoms with Crippen molar-refractivity contribution in [2.45, 2.75) is 37.7 Å². The third-order valence-corrected chi connectivity index (χ3v) is 4.59. The van der Waals surface area contributed by atoms with Gasteiger partial charge in [-0.05, 0) is 24.3 Å². The van der Waals surface area contributed by atoms with Gasteiger partial charge >= 0.3 is 0 Å². The monoisotopic (exact) mass is 245 g/mol. The average molecular weight is 245 g/mol. The van der Waals surface area contributed by atoms with Gasteiger partial charge in [-0.1, -0.05) is 43.2 Å². The summed E-state index contributed by atoms with van der Waals surface area (Å²) in [6.07, 6.45) is 4.70. The molecule has 2 fully saturated rings. The number of aliphatic hydroxyl groups is 1. The Morgan fingerprint density at radius 1 is 1.06 bits per heavy atom. The zero-order valence-electron chi connectivity index (χ0n) is 11.0. The van der Waals surface area contributed by atoms with Gasteiger partial charge in [-0.3, -0.25) is 0 Å². The first-order chi connectivity index (χ1) is 8.83. The molecule has 1 aromatic carbocycles. The standard InChI is InChI=1S/C16H23NO/c18-16-9-5-4-8-14(16)10-17-11-15(12-17)13-6-2-1-3-7-13/h1-3,6-7,14-16,18H,4-5,8-12H2. The summed E-state index contributed by atoms with van der Waals surface area (Å²) in [6.45, 7) is 3.45. The van der Waals surface area contributed by atoms with Crippen LogP contribution in [0.4, 0.5) is 0 Å². The minimum absolute atomic E-state index is 0.0467. The van der Waals surface area contributed by atoms with E-state index in [2.05, 4.69) is 35.2 Å². The van der Waals surface area contributed by atoms with Gasteiger partial charge in [-0.25, -0.2) is 0 Å². The first-order valence-corrected chi connectivity index (χ1v) is 7.28. The Morgan fingerprint density at radius 3 is 2.50 bits per heavy atom. The average Bonchev–Trinajstić information content (AvgIpc) is 2.36. The molecular formula is C16H23NO. The zero-order valence-corrected chi connectivity index (χ0v) is 11.0. The number of likely N-dealkylation sites (tertiary alicyclic amines) is 1. The lowest BCUT2D eigenvalue weighted by Gasteiger charge is -2.43. The van der Waals surface area contributed by atoms with E-state index in [0.717, 1.165) is 13.0 Å². The second-order valence-corrected chi connectivity index (χ2v) is 5.94. The lowest BCUT2D eigenvalue weighted by atomic mass is 9.84. The van der Waals surface area contributed by atoms with E-state index < -0.39 is 0 Å². The largest absolute Gasteiger partial charge is 0.393 e. The normalized spacial score (nSPS) is 30.1. The van der Waals surface area contributed by atoms with Crippen LogP contribution in [0.1, 0.15) is 37.2 Å². The van der Waals surface area contributed by atoms with Gasteiger partial charge in [0.15, 0.2) is 0 Å². The van der Waals surface area contributed by atoms with Crippen molar-refractivity contribution in [2.24, 2.45) is 5.92 Å². The van der Waals surface area contributed by atoms with Crippen molar-refractivity contribution in [3.05, 3.63) is 35.9 Å². The van der Waals surface area contributed by atoms with Gasteiger partial charge < -0.3 is 10.0 Å². The van der Waals surface area contributed by atoms with E-state index >= 15 is 0 Å². The number of hydrogen-bond acceptors (Lipinski definition) is 2. The van der Waals surface area contributed by atoms with E-state index in [1.165, 1.54) is 37.9 Å². The number of rotatable bonds is 3. The van der Waals surface area contributed by atoms with E-state index in [-0.39, 0.29) is 6.10 Å². The molecule has 1 saturated carbocycles. The Labute approximate surface area is 110 Å². The Bertz CT molecular complexity index is 372. The minimum atomic E-state index is -0.0467. The summed E-state index contributed by atoms with van der Waals surface area (Å²) in [7, 11) is 0. The van der Waals surface area contributed by atoms with Gasteiger partial charge in [0.1, 0.15) is 0 Å². The van der Waals surface area contributed by atoms with Crippen molar-refractivity contribution in [3.63, 3.8) is 0 Å². The molecule has 1 heterocycles. The second kappa shape index (κ2) is 5.41. The Hall–Kier alpha value is -0.860. The van der Waals surface area contributed by atoms with Crippen LogP contribution < -0.4 is 0 Å². The van der Waals surface area contributed by atoms with E-state index in [4.69, 9.17) is 0 Å². The van der Waals surface area contributed by atoms with Gasteiger partial charge in [0.05, 0.1) is 6.10 Å². The molecule has 0 bridgehead atoms. The van der Waals surface area contributed by atoms with Crippen molar-refractivity contribution in [2.75, 3.05) is 19.6 Å². The predicted octanol–water partition coefficient (Wildman–Crippen LogP) is 2.64. The topological polar surface area (TPSA) is 23.5 Å². The number of benzene rings is 1. The van der Waals surface area contributed by atoms with Gasteiger partial charge in [0.25, 0.3) is 0 Å². The number of hydrogen-bond donors (Lipinski definition) is 1. The number of aliphatic hydroxyl groups excluding tert-OH is 1. The summed E-state index contributed by atoms with van der Waals surface area (Å²) in [5.41, 5.74) is 1.47. The van der Waals surface area contributed by atoms with Crippen LogP contribution >= 0.6 is 0 Å². The van der Waals surface area contributed by atoms with Crippen LogP contribution in [0, 0.1) is 5.92 Å². The predicted molar refractivity (Wildman–Crippen MR) is 73.6 cm³/mol. The van der Waals surface area contributed by atoms with Crippen LogP contribution in [0.5, 0.6) is 0 Å². The highest BCUT2D eigenvalue weighted by molar-refractivity contribution is 5.22. The molecule has 2 heteroatoms. The smallest absolute Gasteiger partial charge is 0.0580 e. The fourth-order valence-corrected chi connectivity index (χ4v) is 3.39. The summed E-state index contributed by atoms with van der Waals surface area (Å²) in [6, 6.07) is 10.8. The molecule has 2 nitrogen and oxygen atoms in total. The van der Waals surface area contributed by atoms with Crippen LogP contribution in [-0.4, -0.2) is 35.7 Å². The molecular weight excluding hydrogens is 222 g/mol. The number of nitrogens with zero attached hydrogens (tertiary/aromatic N) is 1. The van der Waals surface area contributed by atoms with Gasteiger partial charge in [-0.2, -0.15) is 0 Å². The molecule has 1 aromatic rings. The highest BCUT2D eigenvalue weighted by Gasteiger charge is 2.32. The second-order valence-electron chi connectivity index (χ2n) is 5.94. The van der Waals surface area contributed by atoms with E-state index in [0.29, 0.717) is 11.8 Å². The van der Waals surface area contributed by atoms with Crippen LogP contribution in [0.3, 0.4) is 0 Å². The molecule has 2 aliphatic rings. The summed E-state index contributed by atoms with van der Waals surface area (Å²) < 4.78 is 0. The maximum Gasteiger partial charge on any atom is 0.0580 e. The maximum absolute atomic E-state index is 9.99. The van der Waals surface area contributed by atoms with Gasteiger partial charge in [0, 0.05) is 25.6 Å². The molecule has 98 valence electrons. The third-order valence-electron chi connectivity index (χ3n) is 4.59. The van der Waals surface area contributed by atoms with Crippen LogP contribution in [-0.2, 0) is 0 Å². The molecule has 0 amide bonds. The lowest BCUT2D eigenvalue weighted by Crippen LogP contribution is -2.49. The Kier molecular flexibility index (Phi) is 3.67. The summed E-state index contributed by atoms with van der Waals surface area (Å²) >= 11 is 0. The third kappa shape index (κ3) is 2.60. The van der Waals surface area contributed by atoms with E-state index in [1.807, 2.05) is 0 Å². The molecule has 18 heavy (non-hydrogen) atoms. The summed E-state index contributed by atoms with van der Waals surface area (Å²) in [5, 5.41) is 9.99. The quantitative estimate of drug-likeness (QED) is 0.885. The molecule has 0 aromatic heterocycles. The van der Waals surface area contributed by atoms with Crippen LogP contribution in [0.15, 0.2) is 30.3 Å². The van der Waals surface area contributed by atoms with Crippen molar-refractivity contribution >= 4 is 0 Å². The fourth-order valence-electron chi connectivity index (χ4n) is 3.39. The first kappa shape index (κ1) is 12.2. The van der Waals surface area contributed by atoms with E-state index in [1.54, 1.807) is 0 Å². The summed E-state index contributed by atoms with van der Waals surface area (Å²) in [4.78, 5) is 2.51. The maximum atomic E-state index is 9.99. The molecule has 1 aliphatic carbocycles. The first-order valence-electron chi connectivity index (χ1n) is 7.28. The Morgan fingerprint density at radius 2 is 1.78 bits per heavy atom. The SMILES string of the molecule is OC1CCCCC1CN1CC(c2ccccc2)C1. The van der Waals surface area contributed by atoms with E-state index in [9.17, 15) is 5.11 Å². The molecule has 0 radical (unpaired) electrons. The van der Waals surface area contributed by atoms with Crippen molar-refractivity contribution < 1.29 is 5.11 Å². The van der Waals surface area contributed by atoms with Crippen LogP contribution in [0.25, 0.3) is 0 Å². The lowest BCUT2D eigenvalue weighted by molar-refractivity contribution is 0.0256. The van der Waals surface area contributed by atoms with Gasteiger partial charge in [0.2, 0.25) is 0 Å². The zero-order chi connectivity index (χ0) is 12.4. The Balaban J connectivity index is 1.48. The van der Waals surface area contributed by atoms with Crippen molar-refractivity contribution in [1.29, 1.82) is 0 Å². The fraction of sp³-hybridized carbons (Fsp3) is 0.625. The van der Waals surface area contributed by atoms with Crippen molar-refractivity contribution in [1.82, 2.24) is 4.90 Å². The summed E-state index contributed by atoms with van der Waals surface area (Å²) in [5.74, 6) is 1.24. The van der Waals surface area contributed by atoms with Crippen LogP contribution in [0.2, 0.25) is 0 Å². The molecule has 1 N–H and O–H groups in total. The molecule has 0 spiro atoms. The molecule has 1 saturated heterocycles. The minimum Gasteiger partial charge on any atom is -0.393 e.